The van der Waals surface area contributed by atoms with Crippen LogP contribution in [0.25, 0.3) is 0 Å². The lowest BCUT2D eigenvalue weighted by atomic mass is 10.1. The number of amides is 2. The first-order chi connectivity index (χ1) is 12.6. The van der Waals surface area contributed by atoms with Gasteiger partial charge in [-0.2, -0.15) is 0 Å². The maximum Gasteiger partial charge on any atom is 0.407 e. The number of thiophene rings is 1. The number of nitrogens with one attached hydrogen (secondary N) is 2. The van der Waals surface area contributed by atoms with Crippen LogP contribution >= 0.6 is 27.3 Å². The van der Waals surface area contributed by atoms with E-state index in [0.717, 1.165) is 4.47 Å². The van der Waals surface area contributed by atoms with Gasteiger partial charge in [-0.25, -0.2) is 9.18 Å². The van der Waals surface area contributed by atoms with Crippen molar-refractivity contribution in [3.8, 4) is 0 Å². The van der Waals surface area contributed by atoms with E-state index >= 15 is 0 Å². The van der Waals surface area contributed by atoms with Gasteiger partial charge in [-0.1, -0.05) is 18.2 Å². The van der Waals surface area contributed by atoms with Gasteiger partial charge in [0.1, 0.15) is 11.4 Å². The first-order valence-electron chi connectivity index (χ1n) is 8.39. The zero-order valence-corrected chi connectivity index (χ0v) is 17.7. The summed E-state index contributed by atoms with van der Waals surface area (Å²) in [6.45, 7) is 5.40. The second kappa shape index (κ2) is 9.32. The number of benzene rings is 1. The smallest absolute Gasteiger partial charge is 0.407 e. The van der Waals surface area contributed by atoms with E-state index in [4.69, 9.17) is 4.74 Å². The molecule has 1 aromatic carbocycles. The van der Waals surface area contributed by atoms with Gasteiger partial charge in [0, 0.05) is 16.4 Å². The minimum atomic E-state index is -0.627. The number of hydrogen-bond donors (Lipinski definition) is 2. The molecule has 0 aliphatic heterocycles. The summed E-state index contributed by atoms with van der Waals surface area (Å²) in [6, 6.07) is 7.57. The van der Waals surface area contributed by atoms with Crippen molar-refractivity contribution in [2.24, 2.45) is 0 Å². The van der Waals surface area contributed by atoms with Crippen LogP contribution in [-0.4, -0.2) is 30.2 Å². The van der Waals surface area contributed by atoms with Gasteiger partial charge in [0.15, 0.2) is 0 Å². The molecule has 27 heavy (non-hydrogen) atoms. The van der Waals surface area contributed by atoms with E-state index in [0.29, 0.717) is 10.4 Å². The van der Waals surface area contributed by atoms with Crippen LogP contribution in [0.2, 0.25) is 0 Å². The molecule has 0 spiro atoms. The molecule has 1 aromatic heterocycles. The summed E-state index contributed by atoms with van der Waals surface area (Å²) in [6.07, 6.45) is -0.352. The third kappa shape index (κ3) is 7.30. The van der Waals surface area contributed by atoms with Gasteiger partial charge in [-0.05, 0) is 60.8 Å². The average Bonchev–Trinajstić information content (AvgIpc) is 2.99. The van der Waals surface area contributed by atoms with Crippen molar-refractivity contribution in [2.75, 3.05) is 6.54 Å². The number of carbonyl (C=O) groups is 2. The van der Waals surface area contributed by atoms with Gasteiger partial charge in [0.2, 0.25) is 0 Å². The van der Waals surface area contributed by atoms with Crippen molar-refractivity contribution in [3.63, 3.8) is 0 Å². The Labute approximate surface area is 170 Å². The molecule has 2 N–H and O–H groups in total. The molecule has 0 bridgehead atoms. The van der Waals surface area contributed by atoms with Crippen molar-refractivity contribution in [3.05, 3.63) is 56.4 Å². The van der Waals surface area contributed by atoms with Crippen LogP contribution in [0.4, 0.5) is 9.18 Å². The second-order valence-electron chi connectivity index (χ2n) is 6.98. The minimum Gasteiger partial charge on any atom is -0.444 e. The Morgan fingerprint density at radius 1 is 1.30 bits per heavy atom. The highest BCUT2D eigenvalue weighted by molar-refractivity contribution is 9.10. The third-order valence-corrected chi connectivity index (χ3v) is 5.13. The molecule has 0 fully saturated rings. The molecule has 1 heterocycles. The summed E-state index contributed by atoms with van der Waals surface area (Å²) in [7, 11) is 0. The van der Waals surface area contributed by atoms with Crippen molar-refractivity contribution in [1.29, 1.82) is 0 Å². The Morgan fingerprint density at radius 3 is 2.59 bits per heavy atom. The molecule has 0 aliphatic carbocycles. The Kier molecular flexibility index (Phi) is 7.38. The highest BCUT2D eigenvalue weighted by Crippen LogP contribution is 2.20. The molecule has 0 saturated heterocycles. The van der Waals surface area contributed by atoms with E-state index in [-0.39, 0.29) is 24.7 Å². The van der Waals surface area contributed by atoms with Crippen molar-refractivity contribution in [1.82, 2.24) is 10.6 Å². The van der Waals surface area contributed by atoms with E-state index in [1.807, 2.05) is 0 Å². The molecule has 5 nitrogen and oxygen atoms in total. The summed E-state index contributed by atoms with van der Waals surface area (Å²) in [4.78, 5) is 24.9. The van der Waals surface area contributed by atoms with E-state index in [9.17, 15) is 14.0 Å². The van der Waals surface area contributed by atoms with Crippen molar-refractivity contribution >= 4 is 39.3 Å². The Bertz CT molecular complexity index is 804. The van der Waals surface area contributed by atoms with Crippen LogP contribution in [-0.2, 0) is 11.2 Å². The van der Waals surface area contributed by atoms with Crippen LogP contribution in [0.5, 0.6) is 0 Å². The predicted octanol–water partition coefficient (Wildman–Crippen LogP) is 4.52. The molecule has 0 saturated carbocycles. The number of halogens is 2. The van der Waals surface area contributed by atoms with Crippen molar-refractivity contribution in [2.45, 2.75) is 38.8 Å². The van der Waals surface area contributed by atoms with Crippen LogP contribution < -0.4 is 10.6 Å². The van der Waals surface area contributed by atoms with Crippen molar-refractivity contribution < 1.29 is 18.7 Å². The fraction of sp³-hybridized carbons (Fsp3) is 0.368. The number of ether oxygens (including phenoxy) is 1. The van der Waals surface area contributed by atoms with Crippen LogP contribution in [0.15, 0.2) is 40.2 Å². The monoisotopic (exact) mass is 456 g/mol. The first kappa shape index (κ1) is 21.4. The van der Waals surface area contributed by atoms with E-state index < -0.39 is 17.7 Å². The standard InChI is InChI=1S/C19H22BrFN2O3S/c1-19(2,3)26-18(25)22-10-14(8-12-6-4-5-7-15(12)21)23-17(24)16-9-13(20)11-27-16/h4-7,9,11,14H,8,10H2,1-3H3,(H,22,25)(H,23,24)/t14-/m0/s1. The summed E-state index contributed by atoms with van der Waals surface area (Å²) < 4.78 is 20.0. The van der Waals surface area contributed by atoms with Gasteiger partial charge in [-0.15, -0.1) is 11.3 Å². The SMILES string of the molecule is CC(C)(C)OC(=O)NC[C@H](Cc1ccccc1F)NC(=O)c1cc(Br)cs1. The normalized spacial score (nSPS) is 12.3. The predicted molar refractivity (Wildman–Crippen MR) is 108 cm³/mol. The number of rotatable bonds is 6. The molecule has 2 aromatic rings. The Hall–Kier alpha value is -1.93. The molecule has 8 heteroatoms. The Morgan fingerprint density at radius 2 is 2.00 bits per heavy atom. The molecular weight excluding hydrogens is 435 g/mol. The molecule has 2 amide bonds. The molecule has 0 aliphatic rings. The number of carbonyl (C=O) groups excluding carboxylic acids is 2. The van der Waals surface area contributed by atoms with Crippen LogP contribution in [0.3, 0.4) is 0 Å². The highest BCUT2D eigenvalue weighted by Gasteiger charge is 2.20. The lowest BCUT2D eigenvalue weighted by Gasteiger charge is -2.23. The first-order valence-corrected chi connectivity index (χ1v) is 10.1. The zero-order valence-electron chi connectivity index (χ0n) is 15.3. The van der Waals surface area contributed by atoms with Gasteiger partial charge >= 0.3 is 6.09 Å². The zero-order chi connectivity index (χ0) is 20.0. The van der Waals surface area contributed by atoms with Gasteiger partial charge in [0.25, 0.3) is 5.91 Å². The van der Waals surface area contributed by atoms with Gasteiger partial charge < -0.3 is 15.4 Å². The largest absolute Gasteiger partial charge is 0.444 e. The molecule has 2 rings (SSSR count). The summed E-state index contributed by atoms with van der Waals surface area (Å²) in [5.74, 6) is -0.633. The Balaban J connectivity index is 2.06. The van der Waals surface area contributed by atoms with E-state index in [2.05, 4.69) is 26.6 Å². The maximum atomic E-state index is 14.0. The van der Waals surface area contributed by atoms with Gasteiger partial charge in [-0.3, -0.25) is 4.79 Å². The highest BCUT2D eigenvalue weighted by atomic mass is 79.9. The van der Waals surface area contributed by atoms with E-state index in [1.54, 1.807) is 50.4 Å². The number of hydrogen-bond acceptors (Lipinski definition) is 4. The summed E-state index contributed by atoms with van der Waals surface area (Å²) in [5, 5.41) is 7.30. The van der Waals surface area contributed by atoms with Crippen LogP contribution in [0.1, 0.15) is 36.0 Å². The minimum absolute atomic E-state index is 0.113. The average molecular weight is 457 g/mol. The summed E-state index contributed by atoms with van der Waals surface area (Å²) in [5.41, 5.74) is -0.168. The van der Waals surface area contributed by atoms with Crippen LogP contribution in [0, 0.1) is 5.82 Å². The van der Waals surface area contributed by atoms with E-state index in [1.165, 1.54) is 17.4 Å². The molecule has 0 radical (unpaired) electrons. The third-order valence-electron chi connectivity index (χ3n) is 3.44. The fourth-order valence-corrected chi connectivity index (χ4v) is 3.64. The fourth-order valence-electron chi connectivity index (χ4n) is 2.31. The topological polar surface area (TPSA) is 67.4 Å². The summed E-state index contributed by atoms with van der Waals surface area (Å²) >= 11 is 4.61. The molecule has 0 unspecified atom stereocenters. The molecule has 1 atom stereocenters. The maximum absolute atomic E-state index is 14.0. The quantitative estimate of drug-likeness (QED) is 0.671. The lowest BCUT2D eigenvalue weighted by Crippen LogP contribution is -2.46. The number of alkyl carbamates (subject to hydrolysis) is 1. The van der Waals surface area contributed by atoms with Gasteiger partial charge in [0.05, 0.1) is 10.9 Å². The molecule has 146 valence electrons. The molecular formula is C19H22BrFN2O3S. The second-order valence-corrected chi connectivity index (χ2v) is 8.80. The lowest BCUT2D eigenvalue weighted by molar-refractivity contribution is 0.0520.